The van der Waals surface area contributed by atoms with Gasteiger partial charge in [0, 0.05) is 24.7 Å². The highest BCUT2D eigenvalue weighted by molar-refractivity contribution is 5.83. The van der Waals surface area contributed by atoms with Crippen molar-refractivity contribution >= 4 is 11.0 Å². The second-order valence-electron chi connectivity index (χ2n) is 6.34. The molecule has 3 heterocycles. The van der Waals surface area contributed by atoms with E-state index >= 15 is 0 Å². The summed E-state index contributed by atoms with van der Waals surface area (Å²) in [6, 6.07) is 14.8. The molecule has 0 aliphatic rings. The lowest BCUT2D eigenvalue weighted by atomic mass is 10.1. The Kier molecular flexibility index (Phi) is 4.33. The maximum absolute atomic E-state index is 11.7. The van der Waals surface area contributed by atoms with Crippen molar-refractivity contribution in [3.05, 3.63) is 70.8 Å². The highest BCUT2D eigenvalue weighted by Gasteiger charge is 2.14. The van der Waals surface area contributed by atoms with Crippen LogP contribution in [0.5, 0.6) is 5.75 Å². The Morgan fingerprint density at radius 2 is 2.11 bits per heavy atom. The van der Waals surface area contributed by atoms with Crippen molar-refractivity contribution in [2.24, 2.45) is 7.05 Å². The van der Waals surface area contributed by atoms with Crippen molar-refractivity contribution in [3.8, 4) is 23.1 Å². The molecule has 0 saturated heterocycles. The fourth-order valence-electron chi connectivity index (χ4n) is 2.95. The Morgan fingerprint density at radius 1 is 1.25 bits per heavy atom. The molecule has 0 radical (unpaired) electrons. The van der Waals surface area contributed by atoms with E-state index in [1.54, 1.807) is 29.9 Å². The van der Waals surface area contributed by atoms with Crippen LogP contribution in [0.15, 0.2) is 48.7 Å². The minimum absolute atomic E-state index is 0.175. The van der Waals surface area contributed by atoms with Crippen LogP contribution in [0.4, 0.5) is 0 Å². The minimum atomic E-state index is 0.175. The Bertz CT molecular complexity index is 1230. The lowest BCUT2D eigenvalue weighted by Crippen LogP contribution is -2.31. The summed E-state index contributed by atoms with van der Waals surface area (Å²) in [7, 11) is 1.77. The number of nitrogens with zero attached hydrogens (tertiary/aromatic N) is 6. The van der Waals surface area contributed by atoms with Gasteiger partial charge in [0.25, 0.3) is 0 Å². The van der Waals surface area contributed by atoms with Crippen LogP contribution < -0.4 is 9.47 Å². The van der Waals surface area contributed by atoms with Gasteiger partial charge in [0.15, 0.2) is 18.5 Å². The number of rotatable bonds is 4. The van der Waals surface area contributed by atoms with E-state index in [2.05, 4.69) is 21.4 Å². The molecule has 0 atom stereocenters. The van der Waals surface area contributed by atoms with Gasteiger partial charge in [-0.3, -0.25) is 0 Å². The predicted molar refractivity (Wildman–Crippen MR) is 101 cm³/mol. The molecule has 4 aromatic rings. The summed E-state index contributed by atoms with van der Waals surface area (Å²) in [5.41, 5.74) is 4.40. The number of aromatic nitrogens is 5. The van der Waals surface area contributed by atoms with Crippen LogP contribution in [0, 0.1) is 23.5 Å². The van der Waals surface area contributed by atoms with E-state index in [0.717, 1.165) is 21.4 Å². The van der Waals surface area contributed by atoms with E-state index in [9.17, 15) is 10.5 Å². The fraction of sp³-hybridized carbons (Fsp3) is 0.150. The number of aryl methyl sites for hydroxylation is 2. The van der Waals surface area contributed by atoms with Crippen molar-refractivity contribution in [1.82, 2.24) is 20.0 Å². The normalized spacial score (nSPS) is 10.8. The van der Waals surface area contributed by atoms with Gasteiger partial charge in [0.05, 0.1) is 11.2 Å². The van der Waals surface area contributed by atoms with Gasteiger partial charge in [-0.1, -0.05) is 5.21 Å². The molecular formula is C20H16N6O2. The summed E-state index contributed by atoms with van der Waals surface area (Å²) in [5.74, 6) is 0.677. The molecule has 1 aromatic carbocycles. The van der Waals surface area contributed by atoms with E-state index < -0.39 is 0 Å². The topological polar surface area (TPSA) is 104 Å². The number of nitriles is 1. The van der Waals surface area contributed by atoms with Gasteiger partial charge in [-0.05, 0) is 42.8 Å². The average molecular weight is 372 g/mol. The van der Waals surface area contributed by atoms with Crippen LogP contribution in [-0.4, -0.2) is 20.0 Å². The zero-order valence-electron chi connectivity index (χ0n) is 15.3. The Balaban J connectivity index is 1.65. The van der Waals surface area contributed by atoms with Gasteiger partial charge in [0.1, 0.15) is 17.3 Å². The summed E-state index contributed by atoms with van der Waals surface area (Å²) < 4.78 is 8.20. The number of pyridine rings is 2. The van der Waals surface area contributed by atoms with Crippen molar-refractivity contribution in [2.75, 3.05) is 0 Å². The van der Waals surface area contributed by atoms with Crippen LogP contribution >= 0.6 is 0 Å². The standard InChI is InChI=1S/C20H16N6O2/c1-13-9-14(6-7-19(13)28-12-15-5-3-4-8-26(15)27)16-10-18-20(17(11-21)22-16)23-24-25(18)2/h3-10H,12H2,1-2H3. The molecule has 138 valence electrons. The SMILES string of the molecule is Cc1cc(-c2cc3c(nnn3C)c(C#N)n2)ccc1OCc1cccc[n+]1[O-]. The van der Waals surface area contributed by atoms with E-state index in [1.807, 2.05) is 31.2 Å². The summed E-state index contributed by atoms with van der Waals surface area (Å²) in [4.78, 5) is 4.42. The molecule has 0 unspecified atom stereocenters. The smallest absolute Gasteiger partial charge is 0.230 e. The molecule has 0 fully saturated rings. The molecule has 0 spiro atoms. The first-order chi connectivity index (χ1) is 13.6. The maximum atomic E-state index is 11.7. The largest absolute Gasteiger partial charge is 0.618 e. The molecule has 0 aliphatic heterocycles. The van der Waals surface area contributed by atoms with Gasteiger partial charge in [0.2, 0.25) is 5.69 Å². The number of ether oxygens (including phenoxy) is 1. The molecule has 0 N–H and O–H groups in total. The predicted octanol–water partition coefficient (Wildman–Crippen LogP) is 2.42. The molecule has 0 saturated carbocycles. The van der Waals surface area contributed by atoms with Crippen molar-refractivity contribution in [3.63, 3.8) is 0 Å². The first-order valence-corrected chi connectivity index (χ1v) is 8.58. The lowest BCUT2D eigenvalue weighted by molar-refractivity contribution is -0.616. The second-order valence-corrected chi connectivity index (χ2v) is 6.34. The van der Waals surface area contributed by atoms with Crippen LogP contribution in [-0.2, 0) is 13.7 Å². The van der Waals surface area contributed by atoms with E-state index in [1.165, 1.54) is 6.20 Å². The average Bonchev–Trinajstić information content (AvgIpc) is 3.08. The van der Waals surface area contributed by atoms with E-state index in [4.69, 9.17) is 4.74 Å². The number of hydrogen-bond acceptors (Lipinski definition) is 6. The third-order valence-corrected chi connectivity index (χ3v) is 4.46. The second kappa shape index (κ2) is 6.96. The van der Waals surface area contributed by atoms with Gasteiger partial charge in [-0.25, -0.2) is 9.67 Å². The lowest BCUT2D eigenvalue weighted by Gasteiger charge is -2.11. The van der Waals surface area contributed by atoms with Crippen molar-refractivity contribution in [2.45, 2.75) is 13.5 Å². The highest BCUT2D eigenvalue weighted by Crippen LogP contribution is 2.28. The zero-order chi connectivity index (χ0) is 19.7. The van der Waals surface area contributed by atoms with Crippen molar-refractivity contribution in [1.29, 1.82) is 5.26 Å². The first kappa shape index (κ1) is 17.4. The Labute approximate surface area is 160 Å². The van der Waals surface area contributed by atoms with E-state index in [-0.39, 0.29) is 12.3 Å². The first-order valence-electron chi connectivity index (χ1n) is 8.58. The zero-order valence-corrected chi connectivity index (χ0v) is 15.3. The van der Waals surface area contributed by atoms with Crippen LogP contribution in [0.3, 0.4) is 0 Å². The summed E-state index contributed by atoms with van der Waals surface area (Å²) in [6.45, 7) is 2.10. The number of fused-ring (bicyclic) bond motifs is 1. The molecule has 8 heteroatoms. The van der Waals surface area contributed by atoms with Crippen molar-refractivity contribution < 1.29 is 9.47 Å². The monoisotopic (exact) mass is 372 g/mol. The van der Waals surface area contributed by atoms with Crippen LogP contribution in [0.25, 0.3) is 22.3 Å². The molecule has 0 bridgehead atoms. The molecule has 28 heavy (non-hydrogen) atoms. The molecule has 0 amide bonds. The molecular weight excluding hydrogens is 356 g/mol. The summed E-state index contributed by atoms with van der Waals surface area (Å²) in [5, 5.41) is 29.1. The molecule has 8 nitrogen and oxygen atoms in total. The number of hydrogen-bond donors (Lipinski definition) is 0. The van der Waals surface area contributed by atoms with E-state index in [0.29, 0.717) is 22.7 Å². The molecule has 3 aromatic heterocycles. The van der Waals surface area contributed by atoms with Gasteiger partial charge in [-0.15, -0.1) is 5.10 Å². The highest BCUT2D eigenvalue weighted by atomic mass is 16.5. The summed E-state index contributed by atoms with van der Waals surface area (Å²) in [6.07, 6.45) is 1.44. The van der Waals surface area contributed by atoms with Crippen LogP contribution in [0.2, 0.25) is 0 Å². The van der Waals surface area contributed by atoms with Gasteiger partial charge < -0.3 is 9.94 Å². The number of benzene rings is 1. The fourth-order valence-corrected chi connectivity index (χ4v) is 2.95. The molecule has 0 aliphatic carbocycles. The Hall–Kier alpha value is -3.99. The van der Waals surface area contributed by atoms with Gasteiger partial charge >= 0.3 is 0 Å². The van der Waals surface area contributed by atoms with Crippen LogP contribution in [0.1, 0.15) is 17.0 Å². The van der Waals surface area contributed by atoms with Gasteiger partial charge in [-0.2, -0.15) is 9.99 Å². The Morgan fingerprint density at radius 3 is 2.86 bits per heavy atom. The third kappa shape index (κ3) is 3.10. The third-order valence-electron chi connectivity index (χ3n) is 4.46. The molecule has 4 rings (SSSR count). The maximum Gasteiger partial charge on any atom is 0.230 e. The quantitative estimate of drug-likeness (QED) is 0.402. The minimum Gasteiger partial charge on any atom is -0.618 e. The summed E-state index contributed by atoms with van der Waals surface area (Å²) >= 11 is 0.